The van der Waals surface area contributed by atoms with E-state index in [9.17, 15) is 14.7 Å². The second-order valence-corrected chi connectivity index (χ2v) is 8.54. The van der Waals surface area contributed by atoms with Gasteiger partial charge in [-0.15, -0.1) is 0 Å². The summed E-state index contributed by atoms with van der Waals surface area (Å²) in [5.74, 6) is 1.26. The summed E-state index contributed by atoms with van der Waals surface area (Å²) >= 11 is 0. The summed E-state index contributed by atoms with van der Waals surface area (Å²) in [6.45, 7) is 4.40. The van der Waals surface area contributed by atoms with E-state index < -0.39 is 0 Å². The summed E-state index contributed by atoms with van der Waals surface area (Å²) in [4.78, 5) is 25.2. The number of carbonyl (C=O) groups is 2. The highest BCUT2D eigenvalue weighted by Crippen LogP contribution is 2.63. The third-order valence-electron chi connectivity index (χ3n) is 7.63. The molecule has 22 heavy (non-hydrogen) atoms. The van der Waals surface area contributed by atoms with Crippen LogP contribution in [-0.2, 0) is 9.59 Å². The van der Waals surface area contributed by atoms with Gasteiger partial charge in [-0.2, -0.15) is 0 Å². The molecule has 0 amide bonds. The molecular formula is C19H26O3. The largest absolute Gasteiger partial charge is 0.393 e. The molecule has 120 valence electrons. The molecule has 0 aromatic rings. The van der Waals surface area contributed by atoms with Crippen molar-refractivity contribution in [3.8, 4) is 0 Å². The van der Waals surface area contributed by atoms with Crippen molar-refractivity contribution < 1.29 is 14.7 Å². The zero-order valence-corrected chi connectivity index (χ0v) is 13.6. The van der Waals surface area contributed by atoms with Gasteiger partial charge in [-0.05, 0) is 61.9 Å². The molecule has 0 radical (unpaired) electrons. The number of aliphatic hydroxyl groups excluding tert-OH is 1. The Morgan fingerprint density at radius 1 is 1.05 bits per heavy atom. The van der Waals surface area contributed by atoms with Crippen LogP contribution in [0.5, 0.6) is 0 Å². The molecule has 0 saturated heterocycles. The lowest BCUT2D eigenvalue weighted by Gasteiger charge is -2.55. The number of allylic oxidation sites excluding steroid dienone is 1. The standard InChI is InChI=1S/C19H26O3/c1-18-7-5-12(20)9-11(18)10-15(21)17-13-3-4-16(22)19(13,2)8-6-14(17)18/h10,12-14,17,20H,3-9H2,1-2H3/t12-,13-,14-,17+,18-,19+/m0/s1. The van der Waals surface area contributed by atoms with Crippen LogP contribution in [0.1, 0.15) is 58.8 Å². The van der Waals surface area contributed by atoms with E-state index in [0.29, 0.717) is 24.5 Å². The van der Waals surface area contributed by atoms with Crippen LogP contribution in [-0.4, -0.2) is 22.8 Å². The van der Waals surface area contributed by atoms with Gasteiger partial charge in [-0.3, -0.25) is 9.59 Å². The molecule has 4 aliphatic carbocycles. The topological polar surface area (TPSA) is 54.4 Å². The van der Waals surface area contributed by atoms with Crippen molar-refractivity contribution in [1.29, 1.82) is 0 Å². The van der Waals surface area contributed by atoms with Crippen LogP contribution in [0.2, 0.25) is 0 Å². The second-order valence-electron chi connectivity index (χ2n) is 8.54. The quantitative estimate of drug-likeness (QED) is 0.748. The van der Waals surface area contributed by atoms with Crippen molar-refractivity contribution in [2.24, 2.45) is 28.6 Å². The van der Waals surface area contributed by atoms with E-state index >= 15 is 0 Å². The summed E-state index contributed by atoms with van der Waals surface area (Å²) in [5, 5.41) is 9.97. The monoisotopic (exact) mass is 302 g/mol. The molecule has 0 heterocycles. The van der Waals surface area contributed by atoms with Crippen molar-refractivity contribution in [3.63, 3.8) is 0 Å². The van der Waals surface area contributed by atoms with Crippen LogP contribution in [0.25, 0.3) is 0 Å². The van der Waals surface area contributed by atoms with Crippen molar-refractivity contribution in [1.82, 2.24) is 0 Å². The van der Waals surface area contributed by atoms with Gasteiger partial charge < -0.3 is 5.11 Å². The zero-order valence-electron chi connectivity index (χ0n) is 13.6. The van der Waals surface area contributed by atoms with Gasteiger partial charge in [-0.25, -0.2) is 0 Å². The fourth-order valence-electron chi connectivity index (χ4n) is 6.16. The van der Waals surface area contributed by atoms with Gasteiger partial charge in [0.2, 0.25) is 0 Å². The van der Waals surface area contributed by atoms with Gasteiger partial charge in [0.05, 0.1) is 6.10 Å². The van der Waals surface area contributed by atoms with Gasteiger partial charge in [0.25, 0.3) is 0 Å². The van der Waals surface area contributed by atoms with Gasteiger partial charge in [0, 0.05) is 17.8 Å². The van der Waals surface area contributed by atoms with Crippen LogP contribution < -0.4 is 0 Å². The number of ketones is 2. The Kier molecular flexibility index (Phi) is 3.01. The lowest BCUT2D eigenvalue weighted by atomic mass is 9.48. The SMILES string of the molecule is C[C@@]12CC[C@H]3[C@H](C(=O)C=C4C[C@@H](O)CC[C@@]43C)[C@@H]1CCC2=O. The lowest BCUT2D eigenvalue weighted by molar-refractivity contribution is -0.139. The maximum absolute atomic E-state index is 12.9. The molecular weight excluding hydrogens is 276 g/mol. The normalized spacial score (nSPS) is 51.0. The highest BCUT2D eigenvalue weighted by molar-refractivity contribution is 5.96. The molecule has 4 aliphatic rings. The van der Waals surface area contributed by atoms with E-state index in [2.05, 4.69) is 13.8 Å². The fourth-order valence-corrected chi connectivity index (χ4v) is 6.16. The fraction of sp³-hybridized carbons (Fsp3) is 0.789. The third-order valence-corrected chi connectivity index (χ3v) is 7.63. The summed E-state index contributed by atoms with van der Waals surface area (Å²) in [5.41, 5.74) is 0.975. The number of rotatable bonds is 0. The number of aliphatic hydroxyl groups is 1. The summed E-state index contributed by atoms with van der Waals surface area (Å²) in [7, 11) is 0. The molecule has 3 saturated carbocycles. The first kappa shape index (κ1) is 14.6. The Morgan fingerprint density at radius 3 is 2.50 bits per heavy atom. The van der Waals surface area contributed by atoms with Crippen molar-refractivity contribution in [2.75, 3.05) is 0 Å². The van der Waals surface area contributed by atoms with E-state index in [4.69, 9.17) is 0 Å². The summed E-state index contributed by atoms with van der Waals surface area (Å²) in [6.07, 6.45) is 7.51. The molecule has 1 N–H and O–H groups in total. The first-order chi connectivity index (χ1) is 10.4. The number of carbonyl (C=O) groups excluding carboxylic acids is 2. The van der Waals surface area contributed by atoms with Gasteiger partial charge in [0.15, 0.2) is 5.78 Å². The molecule has 0 unspecified atom stereocenters. The molecule has 3 nitrogen and oxygen atoms in total. The molecule has 4 rings (SSSR count). The minimum Gasteiger partial charge on any atom is -0.393 e. The number of hydrogen-bond acceptors (Lipinski definition) is 3. The highest BCUT2D eigenvalue weighted by Gasteiger charge is 2.60. The Labute approximate surface area is 132 Å². The molecule has 0 aliphatic heterocycles. The van der Waals surface area contributed by atoms with Crippen molar-refractivity contribution in [2.45, 2.75) is 64.9 Å². The Hall–Kier alpha value is -0.960. The van der Waals surface area contributed by atoms with E-state index in [0.717, 1.165) is 32.1 Å². The van der Waals surface area contributed by atoms with E-state index in [1.54, 1.807) is 0 Å². The Balaban J connectivity index is 1.76. The molecule has 0 aromatic heterocycles. The average molecular weight is 302 g/mol. The molecule has 0 bridgehead atoms. The maximum Gasteiger partial charge on any atom is 0.159 e. The molecule has 6 atom stereocenters. The maximum atomic E-state index is 12.9. The van der Waals surface area contributed by atoms with E-state index in [-0.39, 0.29) is 34.6 Å². The summed E-state index contributed by atoms with van der Waals surface area (Å²) < 4.78 is 0. The zero-order chi connectivity index (χ0) is 15.7. The van der Waals surface area contributed by atoms with Crippen LogP contribution >= 0.6 is 0 Å². The average Bonchev–Trinajstić information content (AvgIpc) is 2.77. The van der Waals surface area contributed by atoms with Crippen LogP contribution in [0, 0.1) is 28.6 Å². The smallest absolute Gasteiger partial charge is 0.159 e. The number of Topliss-reactive ketones (excluding diaryl/α,β-unsaturated/α-hetero) is 1. The number of hydrogen-bond donors (Lipinski definition) is 1. The number of fused-ring (bicyclic) bond motifs is 5. The summed E-state index contributed by atoms with van der Waals surface area (Å²) in [6, 6.07) is 0. The van der Waals surface area contributed by atoms with Gasteiger partial charge in [0.1, 0.15) is 5.78 Å². The van der Waals surface area contributed by atoms with E-state index in [1.807, 2.05) is 6.08 Å². The molecule has 3 fully saturated rings. The predicted octanol–water partition coefficient (Wildman–Crippen LogP) is 3.06. The third kappa shape index (κ3) is 1.72. The Bertz CT molecular complexity index is 577. The van der Waals surface area contributed by atoms with Crippen LogP contribution in [0.3, 0.4) is 0 Å². The van der Waals surface area contributed by atoms with Gasteiger partial charge >= 0.3 is 0 Å². The second kappa shape index (κ2) is 4.53. The molecule has 0 spiro atoms. The highest BCUT2D eigenvalue weighted by atomic mass is 16.3. The Morgan fingerprint density at radius 2 is 1.73 bits per heavy atom. The first-order valence-electron chi connectivity index (χ1n) is 8.82. The van der Waals surface area contributed by atoms with Crippen molar-refractivity contribution >= 4 is 11.6 Å². The van der Waals surface area contributed by atoms with Gasteiger partial charge in [-0.1, -0.05) is 19.4 Å². The molecule has 3 heteroatoms. The van der Waals surface area contributed by atoms with Crippen LogP contribution in [0.15, 0.2) is 11.6 Å². The molecule has 0 aromatic carbocycles. The van der Waals surface area contributed by atoms with E-state index in [1.165, 1.54) is 5.57 Å². The van der Waals surface area contributed by atoms with Crippen molar-refractivity contribution in [3.05, 3.63) is 11.6 Å². The van der Waals surface area contributed by atoms with Crippen LogP contribution in [0.4, 0.5) is 0 Å². The minimum atomic E-state index is -0.286. The lowest BCUT2D eigenvalue weighted by Crippen LogP contribution is -2.53. The predicted molar refractivity (Wildman–Crippen MR) is 83.1 cm³/mol. The minimum absolute atomic E-state index is 0.0363. The first-order valence-corrected chi connectivity index (χ1v) is 8.82.